The molecule has 0 aliphatic carbocycles. The molecule has 6 nitrogen and oxygen atoms in total. The van der Waals surface area contributed by atoms with Crippen molar-refractivity contribution in [2.45, 2.75) is 39.3 Å². The second-order valence-corrected chi connectivity index (χ2v) is 6.82. The molecule has 0 saturated carbocycles. The summed E-state index contributed by atoms with van der Waals surface area (Å²) in [6.07, 6.45) is 3.35. The van der Waals surface area contributed by atoms with E-state index in [2.05, 4.69) is 21.4 Å². The number of H-pyrrole nitrogens is 1. The molecule has 1 amide bonds. The molecule has 2 atom stereocenters. The quantitative estimate of drug-likeness (QED) is 0.849. The van der Waals surface area contributed by atoms with Crippen molar-refractivity contribution in [1.82, 2.24) is 10.3 Å². The number of carbonyl (C=O) groups is 1. The van der Waals surface area contributed by atoms with Gasteiger partial charge in [0.2, 0.25) is 5.91 Å². The Balaban J connectivity index is 0.00000225. The van der Waals surface area contributed by atoms with Crippen molar-refractivity contribution in [3.8, 4) is 6.07 Å². The fraction of sp³-hybridized carbons (Fsp3) is 0.286. The van der Waals surface area contributed by atoms with Crippen molar-refractivity contribution in [3.05, 3.63) is 63.6 Å². The summed E-state index contributed by atoms with van der Waals surface area (Å²) in [6, 6.07) is 5.35. The van der Waals surface area contributed by atoms with Crippen LogP contribution >= 0.6 is 0 Å². The van der Waals surface area contributed by atoms with Crippen LogP contribution in [0.3, 0.4) is 0 Å². The average molecular weight is 383 g/mol. The Morgan fingerprint density at radius 1 is 1.46 bits per heavy atom. The lowest BCUT2D eigenvalue weighted by molar-refractivity contribution is -0.120. The van der Waals surface area contributed by atoms with Crippen LogP contribution in [-0.4, -0.2) is 28.7 Å². The van der Waals surface area contributed by atoms with Crippen molar-refractivity contribution < 1.29 is 12.0 Å². The van der Waals surface area contributed by atoms with Crippen LogP contribution in [0, 0.1) is 30.0 Å². The van der Waals surface area contributed by atoms with E-state index in [0.717, 1.165) is 5.92 Å². The monoisotopic (exact) mass is 383 g/mol. The van der Waals surface area contributed by atoms with Gasteiger partial charge in [0, 0.05) is 31.1 Å². The van der Waals surface area contributed by atoms with Crippen LogP contribution in [0.25, 0.3) is 10.9 Å². The summed E-state index contributed by atoms with van der Waals surface area (Å²) in [6.45, 7) is 5.31. The van der Waals surface area contributed by atoms with Gasteiger partial charge in [-0.3, -0.25) is 14.6 Å². The molecule has 1 aliphatic heterocycles. The third-order valence-electron chi connectivity index (χ3n) is 4.88. The molecule has 147 valence electrons. The molecule has 0 spiro atoms. The number of hydrogen-bond donors (Lipinski definition) is 2. The summed E-state index contributed by atoms with van der Waals surface area (Å²) in [5.74, 6) is 0.0802. The number of carbonyl (C=O) groups excluding carboxylic acids is 1. The molecule has 2 aromatic rings. The molecular weight excluding hydrogens is 359 g/mol. The van der Waals surface area contributed by atoms with Gasteiger partial charge in [0.05, 0.1) is 18.4 Å². The lowest BCUT2D eigenvalue weighted by Gasteiger charge is -2.24. The number of fused-ring (bicyclic) bond motifs is 1. The first-order chi connectivity index (χ1) is 13.3. The van der Waals surface area contributed by atoms with Gasteiger partial charge >= 0.3 is 0 Å². The highest BCUT2D eigenvalue weighted by Gasteiger charge is 2.24. The number of amides is 1. The Kier molecular flexibility index (Phi) is 5.41. The molecule has 28 heavy (non-hydrogen) atoms. The van der Waals surface area contributed by atoms with Gasteiger partial charge in [0.25, 0.3) is 5.56 Å². The van der Waals surface area contributed by atoms with Crippen LogP contribution in [0.15, 0.2) is 40.1 Å². The smallest absolute Gasteiger partial charge is 0.252 e. The second-order valence-electron chi connectivity index (χ2n) is 6.82. The number of halogens is 1. The molecule has 0 saturated heterocycles. The lowest BCUT2D eigenvalue weighted by atomic mass is 9.92. The Morgan fingerprint density at radius 2 is 2.21 bits per heavy atom. The largest absolute Gasteiger partial charge is 0.352 e. The van der Waals surface area contributed by atoms with Crippen LogP contribution in [0.4, 0.5) is 4.39 Å². The highest BCUT2D eigenvalue weighted by Crippen LogP contribution is 2.20. The van der Waals surface area contributed by atoms with Crippen molar-refractivity contribution in [2.24, 2.45) is 4.99 Å². The SMILES string of the molecule is CC1=NC(C#N)C=C[C]1[C@H](C)NC(=O)Cc1c(C)c2cc(F)ccc2[nH]c1=O.[HH].[HH]. The summed E-state index contributed by atoms with van der Waals surface area (Å²) in [4.78, 5) is 31.9. The molecule has 0 bridgehead atoms. The standard InChI is InChI=1S/C21H20FN4O2.2H2/c1-11-17-8-14(22)4-7-19(17)26-21(28)18(11)9-20(27)25-13(3)16-6-5-15(10-23)24-12(16)2;;/h4-8,13,15H,9H2,1-3H3,(H,25,27)(H,26,28);2*1H/t13-,15?;;/m0../s1. The van der Waals surface area contributed by atoms with Crippen LogP contribution in [0.5, 0.6) is 0 Å². The number of rotatable bonds is 4. The first-order valence-corrected chi connectivity index (χ1v) is 8.90. The summed E-state index contributed by atoms with van der Waals surface area (Å²) in [5.41, 5.74) is 1.75. The van der Waals surface area contributed by atoms with Gasteiger partial charge in [-0.1, -0.05) is 6.08 Å². The Hall–Kier alpha value is -3.27. The van der Waals surface area contributed by atoms with E-state index >= 15 is 0 Å². The number of pyridine rings is 1. The number of dihydropyridines is 1. The third kappa shape index (κ3) is 3.86. The molecule has 1 aliphatic rings. The van der Waals surface area contributed by atoms with Gasteiger partial charge in [-0.2, -0.15) is 5.26 Å². The van der Waals surface area contributed by atoms with Crippen molar-refractivity contribution in [1.29, 1.82) is 5.26 Å². The Bertz CT molecular complexity index is 1100. The first-order valence-electron chi connectivity index (χ1n) is 8.90. The molecule has 7 heteroatoms. The minimum atomic E-state index is -0.508. The van der Waals surface area contributed by atoms with E-state index in [-0.39, 0.29) is 26.8 Å². The van der Waals surface area contributed by atoms with E-state index in [4.69, 9.17) is 5.26 Å². The van der Waals surface area contributed by atoms with E-state index in [9.17, 15) is 14.0 Å². The second kappa shape index (κ2) is 7.77. The summed E-state index contributed by atoms with van der Waals surface area (Å²) < 4.78 is 13.6. The van der Waals surface area contributed by atoms with Gasteiger partial charge in [-0.25, -0.2) is 4.39 Å². The van der Waals surface area contributed by atoms with Gasteiger partial charge in [0.1, 0.15) is 5.82 Å². The molecule has 1 aromatic heterocycles. The van der Waals surface area contributed by atoms with Gasteiger partial charge in [-0.05, 0) is 50.6 Å². The molecule has 2 heterocycles. The molecule has 1 unspecified atom stereocenters. The number of nitrogens with one attached hydrogen (secondary N) is 2. The summed E-state index contributed by atoms with van der Waals surface area (Å²) >= 11 is 0. The predicted molar refractivity (Wildman–Crippen MR) is 110 cm³/mol. The number of aromatic nitrogens is 1. The molecular formula is C21H24FN4O2. The zero-order valence-corrected chi connectivity index (χ0v) is 15.8. The predicted octanol–water partition coefficient (Wildman–Crippen LogP) is 3.01. The normalized spacial score (nSPS) is 17.8. The topological polar surface area (TPSA) is 98.1 Å². The average Bonchev–Trinajstić information content (AvgIpc) is 2.65. The van der Waals surface area contributed by atoms with Crippen LogP contribution < -0.4 is 10.9 Å². The summed E-state index contributed by atoms with van der Waals surface area (Å²) in [5, 5.41) is 12.4. The third-order valence-corrected chi connectivity index (χ3v) is 4.88. The molecule has 3 rings (SSSR count). The van der Waals surface area contributed by atoms with Crippen molar-refractivity contribution in [3.63, 3.8) is 0 Å². The zero-order valence-electron chi connectivity index (χ0n) is 15.8. The Morgan fingerprint density at radius 3 is 2.89 bits per heavy atom. The molecule has 1 aromatic carbocycles. The van der Waals surface area contributed by atoms with Crippen molar-refractivity contribution in [2.75, 3.05) is 0 Å². The minimum absolute atomic E-state index is 0. The number of hydrogen-bond acceptors (Lipinski definition) is 4. The number of aliphatic imine (C=N–C) groups is 1. The fourth-order valence-electron chi connectivity index (χ4n) is 3.38. The first kappa shape index (κ1) is 19.5. The molecule has 0 fully saturated rings. The van der Waals surface area contributed by atoms with Crippen LogP contribution in [0.2, 0.25) is 0 Å². The number of aryl methyl sites for hydroxylation is 1. The highest BCUT2D eigenvalue weighted by molar-refractivity contribution is 6.00. The van der Waals surface area contributed by atoms with E-state index in [0.29, 0.717) is 27.7 Å². The van der Waals surface area contributed by atoms with Crippen LogP contribution in [0.1, 0.15) is 27.8 Å². The summed E-state index contributed by atoms with van der Waals surface area (Å²) in [7, 11) is 0. The minimum Gasteiger partial charge on any atom is -0.352 e. The van der Waals surface area contributed by atoms with E-state index in [1.807, 2.05) is 6.92 Å². The van der Waals surface area contributed by atoms with Crippen molar-refractivity contribution >= 4 is 22.5 Å². The number of nitrogens with zero attached hydrogens (tertiary/aromatic N) is 2. The van der Waals surface area contributed by atoms with Crippen LogP contribution in [-0.2, 0) is 11.2 Å². The number of nitriles is 1. The Labute approximate surface area is 164 Å². The van der Waals surface area contributed by atoms with Gasteiger partial charge in [0.15, 0.2) is 6.04 Å². The number of aromatic amines is 1. The molecule has 2 N–H and O–H groups in total. The fourth-order valence-corrected chi connectivity index (χ4v) is 3.38. The lowest BCUT2D eigenvalue weighted by Crippen LogP contribution is -2.41. The van der Waals surface area contributed by atoms with E-state index in [1.54, 1.807) is 26.0 Å². The zero-order chi connectivity index (χ0) is 20.4. The van der Waals surface area contributed by atoms with E-state index in [1.165, 1.54) is 18.2 Å². The highest BCUT2D eigenvalue weighted by atomic mass is 19.1. The van der Waals surface area contributed by atoms with Gasteiger partial charge < -0.3 is 10.3 Å². The van der Waals surface area contributed by atoms with Gasteiger partial charge in [-0.15, -0.1) is 0 Å². The number of benzene rings is 1. The maximum Gasteiger partial charge on any atom is 0.252 e. The maximum absolute atomic E-state index is 13.6. The maximum atomic E-state index is 13.6. The van der Waals surface area contributed by atoms with E-state index < -0.39 is 11.9 Å². The molecule has 1 radical (unpaired) electrons.